The number of hydrogen-bond donors (Lipinski definition) is 4. The predicted octanol–water partition coefficient (Wildman–Crippen LogP) is 3.82. The van der Waals surface area contributed by atoms with E-state index in [0.29, 0.717) is 6.54 Å². The summed E-state index contributed by atoms with van der Waals surface area (Å²) < 4.78 is 22.5. The molecule has 0 aliphatic rings. The highest BCUT2D eigenvalue weighted by molar-refractivity contribution is 7.89. The number of aliphatic imine (C=N–C) groups is 2. The molecule has 186 valence electrons. The highest BCUT2D eigenvalue weighted by Gasteiger charge is 2.06. The molecule has 0 bridgehead atoms. The van der Waals surface area contributed by atoms with E-state index < -0.39 is 10.0 Å². The summed E-state index contributed by atoms with van der Waals surface area (Å²) in [5.41, 5.74) is 12.4. The minimum atomic E-state index is -3.69. The summed E-state index contributed by atoms with van der Waals surface area (Å²) in [4.78, 5) is 8.50. The van der Waals surface area contributed by atoms with Crippen LogP contribution < -0.4 is 21.9 Å². The number of benzene rings is 1. The van der Waals surface area contributed by atoms with Crippen LogP contribution in [0.2, 0.25) is 0 Å². The summed E-state index contributed by atoms with van der Waals surface area (Å²) in [5, 5.41) is 7.83. The van der Waals surface area contributed by atoms with Gasteiger partial charge in [-0.15, -0.1) is 24.8 Å². The maximum absolute atomic E-state index is 11.2. The Morgan fingerprint density at radius 1 is 0.812 bits per heavy atom. The summed E-state index contributed by atoms with van der Waals surface area (Å²) in [6, 6.07) is 6.15. The lowest BCUT2D eigenvalue weighted by atomic mass is 10.1. The van der Waals surface area contributed by atoms with Gasteiger partial charge in [-0.1, -0.05) is 76.8 Å². The molecule has 0 radical (unpaired) electrons. The van der Waals surface area contributed by atoms with Gasteiger partial charge in [0.25, 0.3) is 0 Å². The van der Waals surface area contributed by atoms with E-state index in [4.69, 9.17) is 16.6 Å². The molecule has 0 aromatic heterocycles. The molecule has 0 spiro atoms. The Balaban J connectivity index is 0. The number of nitrogens with two attached hydrogens (primary N) is 3. The second kappa shape index (κ2) is 19.0. The Labute approximate surface area is 205 Å². The number of primary sulfonamides is 1. The van der Waals surface area contributed by atoms with E-state index in [9.17, 15) is 8.42 Å². The third-order valence-corrected chi connectivity index (χ3v) is 5.66. The van der Waals surface area contributed by atoms with Crippen molar-refractivity contribution in [2.45, 2.75) is 82.6 Å². The number of unbranched alkanes of at least 4 members (excludes halogenated alkanes) is 9. The second-order valence-electron chi connectivity index (χ2n) is 7.46. The lowest BCUT2D eigenvalue weighted by Crippen LogP contribution is -2.41. The van der Waals surface area contributed by atoms with E-state index in [1.165, 1.54) is 63.5 Å². The van der Waals surface area contributed by atoms with Crippen LogP contribution in [0.15, 0.2) is 39.1 Å². The Bertz CT molecular complexity index is 771. The summed E-state index contributed by atoms with van der Waals surface area (Å²) >= 11 is 0. The smallest absolute Gasteiger partial charge is 0.238 e. The molecule has 8 nitrogen and oxygen atoms in total. The second-order valence-corrected chi connectivity index (χ2v) is 9.03. The highest BCUT2D eigenvalue weighted by atomic mass is 35.5. The number of nitrogens with zero attached hydrogens (tertiary/aromatic N) is 2. The van der Waals surface area contributed by atoms with E-state index in [0.717, 1.165) is 18.4 Å². The van der Waals surface area contributed by atoms with E-state index in [1.807, 2.05) is 0 Å². The van der Waals surface area contributed by atoms with Crippen molar-refractivity contribution in [1.29, 1.82) is 0 Å². The predicted molar refractivity (Wildman–Crippen MR) is 139 cm³/mol. The quantitative estimate of drug-likeness (QED) is 0.170. The minimum Gasteiger partial charge on any atom is -0.370 e. The summed E-state index contributed by atoms with van der Waals surface area (Å²) in [6.45, 7) is 3.19. The monoisotopic (exact) mass is 510 g/mol. The fourth-order valence-corrected chi connectivity index (χ4v) is 3.49. The van der Waals surface area contributed by atoms with Crippen molar-refractivity contribution in [3.05, 3.63) is 29.8 Å². The Morgan fingerprint density at radius 2 is 1.28 bits per heavy atom. The van der Waals surface area contributed by atoms with Crippen LogP contribution >= 0.6 is 24.8 Å². The largest absolute Gasteiger partial charge is 0.370 e. The van der Waals surface area contributed by atoms with Crippen LogP contribution in [0.25, 0.3) is 0 Å². The summed E-state index contributed by atoms with van der Waals surface area (Å²) in [6.07, 6.45) is 12.8. The molecule has 0 unspecified atom stereocenters. The van der Waals surface area contributed by atoms with Crippen molar-refractivity contribution >= 4 is 46.8 Å². The van der Waals surface area contributed by atoms with Crippen LogP contribution in [0, 0.1) is 0 Å². The molecular formula is C21H40Cl2N6O2S. The first-order valence-corrected chi connectivity index (χ1v) is 12.4. The molecule has 32 heavy (non-hydrogen) atoms. The first-order valence-electron chi connectivity index (χ1n) is 10.8. The maximum atomic E-state index is 11.2. The topological polar surface area (TPSA) is 149 Å². The molecule has 0 amide bonds. The van der Waals surface area contributed by atoms with E-state index in [-0.39, 0.29) is 48.2 Å². The number of rotatable bonds is 14. The van der Waals surface area contributed by atoms with Gasteiger partial charge in [0.05, 0.1) is 11.4 Å². The van der Waals surface area contributed by atoms with E-state index in [1.54, 1.807) is 12.1 Å². The zero-order valence-electron chi connectivity index (χ0n) is 19.0. The molecule has 0 saturated heterocycles. The fourth-order valence-electron chi connectivity index (χ4n) is 2.97. The standard InChI is InChI=1S/C21H38N6O2S.2ClH/c1-2-3-4-5-6-7-8-9-10-11-16-25-20(22)27-21(23)26-17-18-12-14-19(15-13-18)30(24,28)29;;/h12-15H,2-11,16-17H2,1H3,(H2,24,28,29)(H5,22,23,25,26,27);2*1H. The van der Waals surface area contributed by atoms with Crippen molar-refractivity contribution in [2.24, 2.45) is 26.6 Å². The molecular weight excluding hydrogens is 471 g/mol. The van der Waals surface area contributed by atoms with Gasteiger partial charge in [-0.25, -0.2) is 18.5 Å². The molecule has 0 aliphatic carbocycles. The maximum Gasteiger partial charge on any atom is 0.238 e. The normalized spacial score (nSPS) is 12.1. The van der Waals surface area contributed by atoms with Gasteiger partial charge in [0.2, 0.25) is 10.0 Å². The van der Waals surface area contributed by atoms with Crippen LogP contribution in [-0.2, 0) is 16.6 Å². The van der Waals surface area contributed by atoms with Crippen LogP contribution in [0.3, 0.4) is 0 Å². The zero-order chi connectivity index (χ0) is 22.2. The minimum absolute atomic E-state index is 0. The van der Waals surface area contributed by atoms with Gasteiger partial charge in [-0.2, -0.15) is 0 Å². The number of hydrogen-bond acceptors (Lipinski definition) is 4. The molecule has 7 N–H and O–H groups in total. The van der Waals surface area contributed by atoms with Crippen LogP contribution in [0.1, 0.15) is 76.7 Å². The van der Waals surface area contributed by atoms with Crippen molar-refractivity contribution < 1.29 is 8.42 Å². The number of sulfonamides is 1. The third kappa shape index (κ3) is 16.1. The Kier molecular flexibility index (Phi) is 19.3. The lowest BCUT2D eigenvalue weighted by molar-refractivity contribution is 0.558. The van der Waals surface area contributed by atoms with Crippen molar-refractivity contribution in [1.82, 2.24) is 5.32 Å². The number of halogens is 2. The van der Waals surface area contributed by atoms with Crippen LogP contribution in [-0.4, -0.2) is 26.9 Å². The highest BCUT2D eigenvalue weighted by Crippen LogP contribution is 2.11. The molecule has 0 atom stereocenters. The summed E-state index contributed by atoms with van der Waals surface area (Å²) in [5.74, 6) is 0.409. The molecule has 0 saturated carbocycles. The third-order valence-electron chi connectivity index (χ3n) is 4.73. The Morgan fingerprint density at radius 3 is 1.78 bits per heavy atom. The molecule has 0 heterocycles. The van der Waals surface area contributed by atoms with Gasteiger partial charge >= 0.3 is 0 Å². The number of guanidine groups is 2. The van der Waals surface area contributed by atoms with Gasteiger partial charge < -0.3 is 11.5 Å². The average molecular weight is 512 g/mol. The van der Waals surface area contributed by atoms with Gasteiger partial charge in [-0.05, 0) is 24.1 Å². The molecule has 0 fully saturated rings. The first-order chi connectivity index (χ1) is 14.3. The molecule has 11 heteroatoms. The SMILES string of the molecule is CCCCCCCCCCCCN=C(N)NC(N)=NCc1ccc(S(N)(=O)=O)cc1.Cl.Cl. The summed E-state index contributed by atoms with van der Waals surface area (Å²) in [7, 11) is -3.69. The lowest BCUT2D eigenvalue weighted by Gasteiger charge is -2.06. The molecule has 1 aromatic rings. The zero-order valence-corrected chi connectivity index (χ0v) is 21.4. The van der Waals surface area contributed by atoms with Gasteiger partial charge in [0, 0.05) is 6.54 Å². The first kappa shape index (κ1) is 32.6. The van der Waals surface area contributed by atoms with Gasteiger partial charge in [0.15, 0.2) is 11.9 Å². The van der Waals surface area contributed by atoms with Crippen molar-refractivity contribution in [3.8, 4) is 0 Å². The van der Waals surface area contributed by atoms with Crippen LogP contribution in [0.4, 0.5) is 0 Å². The number of nitrogens with one attached hydrogen (secondary N) is 1. The van der Waals surface area contributed by atoms with Crippen molar-refractivity contribution in [2.75, 3.05) is 6.54 Å². The van der Waals surface area contributed by atoms with Crippen LogP contribution in [0.5, 0.6) is 0 Å². The van der Waals surface area contributed by atoms with E-state index >= 15 is 0 Å². The van der Waals surface area contributed by atoms with E-state index in [2.05, 4.69) is 22.2 Å². The molecule has 0 aliphatic heterocycles. The van der Waals surface area contributed by atoms with Crippen molar-refractivity contribution in [3.63, 3.8) is 0 Å². The fraction of sp³-hybridized carbons (Fsp3) is 0.619. The Hall–Kier alpha value is -1.55. The average Bonchev–Trinajstić information content (AvgIpc) is 2.70. The molecule has 1 rings (SSSR count). The van der Waals surface area contributed by atoms with Gasteiger partial charge in [0.1, 0.15) is 0 Å². The van der Waals surface area contributed by atoms with Gasteiger partial charge in [-0.3, -0.25) is 10.3 Å². The molecule has 1 aromatic carbocycles.